The number of hydrogen-bond donors (Lipinski definition) is 2. The second-order valence-corrected chi connectivity index (χ2v) is 4.22. The molecule has 0 aliphatic carbocycles. The molecule has 0 radical (unpaired) electrons. The summed E-state index contributed by atoms with van der Waals surface area (Å²) in [6.45, 7) is 5.69. The number of halogens is 1. The van der Waals surface area contributed by atoms with Crippen molar-refractivity contribution >= 4 is 28.5 Å². The van der Waals surface area contributed by atoms with Crippen molar-refractivity contribution in [3.8, 4) is 0 Å². The van der Waals surface area contributed by atoms with E-state index in [1.165, 1.54) is 10.9 Å². The molecule has 0 spiro atoms. The lowest BCUT2D eigenvalue weighted by atomic mass is 10.1. The third-order valence-electron chi connectivity index (χ3n) is 2.50. The van der Waals surface area contributed by atoms with E-state index in [0.29, 0.717) is 0 Å². The van der Waals surface area contributed by atoms with E-state index in [4.69, 9.17) is 16.7 Å². The van der Waals surface area contributed by atoms with Gasteiger partial charge in [-0.2, -0.15) is 0 Å². The molecule has 1 aromatic carbocycles. The number of carboxylic acid groups (broad SMARTS) is 1. The Balaban J connectivity index is 0.000000249. The fourth-order valence-electron chi connectivity index (χ4n) is 1.41. The smallest absolute Gasteiger partial charge is 0.303 e. The predicted octanol–water partition coefficient (Wildman–Crippen LogP) is 3.92. The minimum Gasteiger partial charge on any atom is -0.481 e. The zero-order chi connectivity index (χ0) is 13.0. The van der Waals surface area contributed by atoms with Crippen LogP contribution in [0.15, 0.2) is 18.3 Å². The topological polar surface area (TPSA) is 53.1 Å². The summed E-state index contributed by atoms with van der Waals surface area (Å²) in [6, 6.07) is 4.15. The Bertz CT molecular complexity index is 531. The summed E-state index contributed by atoms with van der Waals surface area (Å²) in [4.78, 5) is 12.5. The average Bonchev–Trinajstić information content (AvgIpc) is 2.67. The molecule has 0 unspecified atom stereocenters. The lowest BCUT2D eigenvalue weighted by molar-refractivity contribution is -0.136. The summed E-state index contributed by atoms with van der Waals surface area (Å²) < 4.78 is 0. The summed E-state index contributed by atoms with van der Waals surface area (Å²) in [5.74, 6) is -0.745. The summed E-state index contributed by atoms with van der Waals surface area (Å²) >= 11 is 6.11. The molecule has 0 amide bonds. The zero-order valence-corrected chi connectivity index (χ0v) is 10.9. The van der Waals surface area contributed by atoms with Crippen LogP contribution in [0.3, 0.4) is 0 Å². The highest BCUT2D eigenvalue weighted by molar-refractivity contribution is 6.35. The van der Waals surface area contributed by atoms with E-state index >= 15 is 0 Å². The Morgan fingerprint density at radius 1 is 1.35 bits per heavy atom. The number of carboxylic acids is 1. The first-order chi connectivity index (χ1) is 7.97. The first kappa shape index (κ1) is 13.6. The SMILES string of the molecule is CCC(=O)O.Cc1ccc2c(C)c[nH]c2c1Cl. The number of nitrogens with one attached hydrogen (secondary N) is 1. The molecule has 2 N–H and O–H groups in total. The molecule has 0 saturated carbocycles. The molecule has 3 nitrogen and oxygen atoms in total. The van der Waals surface area contributed by atoms with Gasteiger partial charge in [0.05, 0.1) is 10.5 Å². The molecule has 17 heavy (non-hydrogen) atoms. The summed E-state index contributed by atoms with van der Waals surface area (Å²) in [5.41, 5.74) is 3.41. The van der Waals surface area contributed by atoms with Gasteiger partial charge in [-0.3, -0.25) is 4.79 Å². The normalized spacial score (nSPS) is 9.88. The number of aromatic nitrogens is 1. The fraction of sp³-hybridized carbons (Fsp3) is 0.308. The minimum absolute atomic E-state index is 0.222. The molecule has 2 aromatic rings. The van der Waals surface area contributed by atoms with Crippen LogP contribution in [0.5, 0.6) is 0 Å². The van der Waals surface area contributed by atoms with Crippen LogP contribution in [0, 0.1) is 13.8 Å². The Hall–Kier alpha value is -1.48. The number of fused-ring (bicyclic) bond motifs is 1. The highest BCUT2D eigenvalue weighted by atomic mass is 35.5. The first-order valence-corrected chi connectivity index (χ1v) is 5.79. The Morgan fingerprint density at radius 3 is 2.47 bits per heavy atom. The Morgan fingerprint density at radius 2 is 1.94 bits per heavy atom. The lowest BCUT2D eigenvalue weighted by Gasteiger charge is -1.98. The van der Waals surface area contributed by atoms with Gasteiger partial charge in [0.25, 0.3) is 0 Å². The summed E-state index contributed by atoms with van der Waals surface area (Å²) in [6.07, 6.45) is 2.20. The van der Waals surface area contributed by atoms with Crippen LogP contribution in [-0.4, -0.2) is 16.1 Å². The lowest BCUT2D eigenvalue weighted by Crippen LogP contribution is -1.86. The second kappa shape index (κ2) is 5.73. The largest absolute Gasteiger partial charge is 0.481 e. The molecule has 1 heterocycles. The number of aromatic amines is 1. The van der Waals surface area contributed by atoms with Crippen LogP contribution < -0.4 is 0 Å². The molecule has 0 aliphatic heterocycles. The van der Waals surface area contributed by atoms with Crippen LogP contribution >= 0.6 is 11.6 Å². The van der Waals surface area contributed by atoms with Crippen molar-refractivity contribution in [2.75, 3.05) is 0 Å². The monoisotopic (exact) mass is 253 g/mol. The van der Waals surface area contributed by atoms with E-state index in [2.05, 4.69) is 18.0 Å². The maximum Gasteiger partial charge on any atom is 0.303 e. The standard InChI is InChI=1S/C10H10ClN.C3H6O2/c1-6-3-4-8-7(2)5-12-10(8)9(6)11;1-2-3(4)5/h3-5,12H,1-2H3;2H2,1H3,(H,4,5). The van der Waals surface area contributed by atoms with E-state index in [1.54, 1.807) is 6.92 Å². The molecule has 4 heteroatoms. The van der Waals surface area contributed by atoms with Crippen molar-refractivity contribution in [2.24, 2.45) is 0 Å². The van der Waals surface area contributed by atoms with Crippen LogP contribution in [0.1, 0.15) is 24.5 Å². The summed E-state index contributed by atoms with van der Waals surface area (Å²) in [7, 11) is 0. The highest BCUT2D eigenvalue weighted by Gasteiger charge is 2.04. The maximum atomic E-state index is 9.37. The van der Waals surface area contributed by atoms with E-state index < -0.39 is 5.97 Å². The van der Waals surface area contributed by atoms with E-state index in [-0.39, 0.29) is 6.42 Å². The molecule has 0 saturated heterocycles. The molecule has 0 fully saturated rings. The van der Waals surface area contributed by atoms with Gasteiger partial charge in [-0.25, -0.2) is 0 Å². The van der Waals surface area contributed by atoms with Gasteiger partial charge in [-0.05, 0) is 25.0 Å². The van der Waals surface area contributed by atoms with Gasteiger partial charge in [-0.1, -0.05) is 30.7 Å². The van der Waals surface area contributed by atoms with Gasteiger partial charge in [0.1, 0.15) is 0 Å². The van der Waals surface area contributed by atoms with Crippen molar-refractivity contribution in [2.45, 2.75) is 27.2 Å². The minimum atomic E-state index is -0.745. The Kier molecular flexibility index (Phi) is 4.58. The van der Waals surface area contributed by atoms with E-state index in [9.17, 15) is 4.79 Å². The number of aryl methyl sites for hydroxylation is 2. The van der Waals surface area contributed by atoms with Crippen molar-refractivity contribution in [3.05, 3.63) is 34.5 Å². The Labute approximate surface area is 105 Å². The van der Waals surface area contributed by atoms with Gasteiger partial charge in [0, 0.05) is 18.0 Å². The quantitative estimate of drug-likeness (QED) is 0.809. The molecule has 1 aromatic heterocycles. The van der Waals surface area contributed by atoms with Gasteiger partial charge >= 0.3 is 5.97 Å². The van der Waals surface area contributed by atoms with Crippen molar-refractivity contribution in [1.29, 1.82) is 0 Å². The van der Waals surface area contributed by atoms with Gasteiger partial charge < -0.3 is 10.1 Å². The number of hydrogen-bond acceptors (Lipinski definition) is 1. The number of H-pyrrole nitrogens is 1. The fourth-order valence-corrected chi connectivity index (χ4v) is 1.63. The number of aliphatic carboxylic acids is 1. The van der Waals surface area contributed by atoms with Gasteiger partial charge in [0.2, 0.25) is 0 Å². The molecular weight excluding hydrogens is 238 g/mol. The maximum absolute atomic E-state index is 9.37. The third kappa shape index (κ3) is 3.24. The van der Waals surface area contributed by atoms with E-state index in [1.807, 2.05) is 19.2 Å². The molecule has 92 valence electrons. The van der Waals surface area contributed by atoms with Crippen LogP contribution in [0.25, 0.3) is 10.9 Å². The molecule has 2 rings (SSSR count). The zero-order valence-electron chi connectivity index (χ0n) is 10.2. The average molecular weight is 254 g/mol. The molecular formula is C13H16ClNO2. The van der Waals surface area contributed by atoms with Gasteiger partial charge in [-0.15, -0.1) is 0 Å². The van der Waals surface area contributed by atoms with Crippen LogP contribution in [0.2, 0.25) is 5.02 Å². The number of benzene rings is 1. The third-order valence-corrected chi connectivity index (χ3v) is 2.98. The summed E-state index contributed by atoms with van der Waals surface area (Å²) in [5, 5.41) is 9.77. The number of rotatable bonds is 1. The highest BCUT2D eigenvalue weighted by Crippen LogP contribution is 2.27. The molecule has 0 aliphatic rings. The molecule has 0 bridgehead atoms. The van der Waals surface area contributed by atoms with Crippen LogP contribution in [0.4, 0.5) is 0 Å². The molecule has 0 atom stereocenters. The van der Waals surface area contributed by atoms with Crippen molar-refractivity contribution < 1.29 is 9.90 Å². The van der Waals surface area contributed by atoms with Gasteiger partial charge in [0.15, 0.2) is 0 Å². The number of carbonyl (C=O) groups is 1. The van der Waals surface area contributed by atoms with Crippen molar-refractivity contribution in [3.63, 3.8) is 0 Å². The van der Waals surface area contributed by atoms with Crippen LogP contribution in [-0.2, 0) is 4.79 Å². The second-order valence-electron chi connectivity index (χ2n) is 3.84. The van der Waals surface area contributed by atoms with Crippen molar-refractivity contribution in [1.82, 2.24) is 4.98 Å². The first-order valence-electron chi connectivity index (χ1n) is 5.42. The predicted molar refractivity (Wildman–Crippen MR) is 70.7 cm³/mol. The van der Waals surface area contributed by atoms with E-state index in [0.717, 1.165) is 16.1 Å².